The van der Waals surface area contributed by atoms with Crippen molar-refractivity contribution in [2.75, 3.05) is 0 Å². The van der Waals surface area contributed by atoms with Gasteiger partial charge in [0.25, 0.3) is 0 Å². The Morgan fingerprint density at radius 3 is 1.75 bits per heavy atom. The van der Waals surface area contributed by atoms with Crippen LogP contribution in [0.1, 0.15) is 5.56 Å². The molecule has 44 heavy (non-hydrogen) atoms. The van der Waals surface area contributed by atoms with Gasteiger partial charge >= 0.3 is 0 Å². The van der Waals surface area contributed by atoms with Crippen molar-refractivity contribution in [2.24, 2.45) is 14.1 Å². The van der Waals surface area contributed by atoms with Gasteiger partial charge in [-0.1, -0.05) is 156 Å². The predicted octanol–water partition coefficient (Wildman–Crippen LogP) is 6.61. The Hall–Kier alpha value is -4.95. The minimum Gasteiger partial charge on any atom is -0.344 e. The number of rotatable bonds is 6. The molecule has 2 aromatic heterocycles. The van der Waals surface area contributed by atoms with Crippen LogP contribution in [-0.2, 0) is 20.4 Å². The van der Waals surface area contributed by atoms with Crippen LogP contribution in [0.25, 0.3) is 43.6 Å². The lowest BCUT2D eigenvalue weighted by Gasteiger charge is -2.15. The lowest BCUT2D eigenvalue weighted by Crippen LogP contribution is -2.44. The molecule has 0 aliphatic carbocycles. The Morgan fingerprint density at radius 1 is 0.477 bits per heavy atom. The molecule has 0 N–H and O–H groups in total. The van der Waals surface area contributed by atoms with Gasteiger partial charge in [0.2, 0.25) is 13.4 Å². The van der Waals surface area contributed by atoms with Crippen molar-refractivity contribution in [3.8, 4) is 0 Å². The standard InChI is InChI=1S/C40H34B2N2/c1-41(29-15-9-5-10-16-29)31-19-22-37-35(25-31)39-38(43(37)2)24-21-33-34-26-32(20-23-36(34)44(3)40(33)39)42(30-17-11-6-12-18-30)27-28-13-7-4-8-14-28/h4-26H,27H2,1-3H3. The third-order valence-electron chi connectivity index (χ3n) is 9.86. The molecule has 0 amide bonds. The molecule has 0 fully saturated rings. The highest BCUT2D eigenvalue weighted by molar-refractivity contribution is 6.85. The fourth-order valence-electron chi connectivity index (χ4n) is 7.43. The first-order valence-corrected chi connectivity index (χ1v) is 15.7. The number of hydrogen-bond donors (Lipinski definition) is 0. The van der Waals surface area contributed by atoms with E-state index in [1.807, 2.05) is 0 Å². The first kappa shape index (κ1) is 26.7. The number of aryl methyl sites for hydroxylation is 2. The van der Waals surface area contributed by atoms with Gasteiger partial charge in [0.15, 0.2) is 0 Å². The van der Waals surface area contributed by atoms with E-state index in [1.54, 1.807) is 0 Å². The fraction of sp³-hybridized carbons (Fsp3) is 0.100. The van der Waals surface area contributed by atoms with E-state index in [1.165, 1.54) is 71.0 Å². The molecule has 0 saturated heterocycles. The van der Waals surface area contributed by atoms with Gasteiger partial charge in [-0.3, -0.25) is 0 Å². The lowest BCUT2D eigenvalue weighted by molar-refractivity contribution is 1.01. The quantitative estimate of drug-likeness (QED) is 0.202. The van der Waals surface area contributed by atoms with E-state index in [0.29, 0.717) is 6.71 Å². The molecule has 0 atom stereocenters. The van der Waals surface area contributed by atoms with E-state index >= 15 is 0 Å². The van der Waals surface area contributed by atoms with Gasteiger partial charge in [0, 0.05) is 46.7 Å². The van der Waals surface area contributed by atoms with Gasteiger partial charge in [-0.25, -0.2) is 0 Å². The van der Waals surface area contributed by atoms with Crippen LogP contribution in [-0.4, -0.2) is 22.6 Å². The zero-order chi connectivity index (χ0) is 29.8. The number of nitrogens with zero attached hydrogens (tertiary/aromatic N) is 2. The maximum Gasteiger partial charge on any atom is 0.213 e. The third kappa shape index (κ3) is 4.28. The van der Waals surface area contributed by atoms with Crippen molar-refractivity contribution >= 4 is 78.9 Å². The first-order chi connectivity index (χ1) is 21.6. The van der Waals surface area contributed by atoms with Crippen molar-refractivity contribution in [1.82, 2.24) is 9.13 Å². The van der Waals surface area contributed by atoms with Gasteiger partial charge in [-0.15, -0.1) is 0 Å². The molecule has 2 heterocycles. The summed E-state index contributed by atoms with van der Waals surface area (Å²) in [6, 6.07) is 51.5. The molecule has 0 saturated carbocycles. The second-order valence-electron chi connectivity index (χ2n) is 12.3. The van der Waals surface area contributed by atoms with Crippen LogP contribution in [0.4, 0.5) is 0 Å². The van der Waals surface area contributed by atoms with Crippen LogP contribution < -0.4 is 21.9 Å². The summed E-state index contributed by atoms with van der Waals surface area (Å²) in [5.74, 6) is 0. The van der Waals surface area contributed by atoms with Crippen molar-refractivity contribution in [3.63, 3.8) is 0 Å². The fourth-order valence-corrected chi connectivity index (χ4v) is 7.43. The summed E-state index contributed by atoms with van der Waals surface area (Å²) in [6.07, 6.45) is 0.969. The molecule has 6 aromatic carbocycles. The molecule has 0 radical (unpaired) electrons. The normalized spacial score (nSPS) is 11.6. The van der Waals surface area contributed by atoms with E-state index in [0.717, 1.165) is 6.32 Å². The Bertz CT molecular complexity index is 2280. The molecule has 0 aliphatic rings. The smallest absolute Gasteiger partial charge is 0.213 e. The minimum absolute atomic E-state index is 0.279. The Balaban J connectivity index is 1.33. The molecular weight excluding hydrogens is 530 g/mol. The van der Waals surface area contributed by atoms with Crippen LogP contribution in [0.2, 0.25) is 6.82 Å². The number of benzene rings is 6. The monoisotopic (exact) mass is 564 g/mol. The zero-order valence-corrected chi connectivity index (χ0v) is 25.5. The second kappa shape index (κ2) is 10.6. The van der Waals surface area contributed by atoms with Crippen LogP contribution in [0.3, 0.4) is 0 Å². The topological polar surface area (TPSA) is 9.86 Å². The second-order valence-corrected chi connectivity index (χ2v) is 12.3. The van der Waals surface area contributed by atoms with Crippen molar-refractivity contribution in [3.05, 3.63) is 145 Å². The van der Waals surface area contributed by atoms with Crippen molar-refractivity contribution in [1.29, 1.82) is 0 Å². The first-order valence-electron chi connectivity index (χ1n) is 15.7. The number of aromatic nitrogens is 2. The molecule has 8 aromatic rings. The summed E-state index contributed by atoms with van der Waals surface area (Å²) >= 11 is 0. The summed E-state index contributed by atoms with van der Waals surface area (Å²) in [5, 5.41) is 5.30. The highest BCUT2D eigenvalue weighted by Crippen LogP contribution is 2.38. The Labute approximate surface area is 259 Å². The van der Waals surface area contributed by atoms with E-state index in [-0.39, 0.29) is 6.71 Å². The maximum absolute atomic E-state index is 2.46. The summed E-state index contributed by atoms with van der Waals surface area (Å²) in [7, 11) is 4.43. The third-order valence-corrected chi connectivity index (χ3v) is 9.86. The van der Waals surface area contributed by atoms with Crippen LogP contribution in [0.15, 0.2) is 140 Å². The molecule has 0 bridgehead atoms. The van der Waals surface area contributed by atoms with E-state index < -0.39 is 0 Å². The van der Waals surface area contributed by atoms with Crippen molar-refractivity contribution in [2.45, 2.75) is 13.1 Å². The van der Waals surface area contributed by atoms with Gasteiger partial charge in [0.1, 0.15) is 0 Å². The maximum atomic E-state index is 2.46. The van der Waals surface area contributed by atoms with E-state index in [4.69, 9.17) is 0 Å². The van der Waals surface area contributed by atoms with Crippen LogP contribution >= 0.6 is 0 Å². The molecule has 0 aliphatic heterocycles. The minimum atomic E-state index is 0.279. The molecule has 0 unspecified atom stereocenters. The SMILES string of the molecule is CB(c1ccccc1)c1ccc2c(c1)c1c(ccc3c4cc(B(Cc5ccccc5)c5ccccc5)ccc4n(C)c31)n2C. The molecule has 8 rings (SSSR count). The van der Waals surface area contributed by atoms with Crippen molar-refractivity contribution < 1.29 is 0 Å². The van der Waals surface area contributed by atoms with E-state index in [2.05, 4.69) is 170 Å². The molecule has 210 valence electrons. The molecule has 0 spiro atoms. The Morgan fingerprint density at radius 2 is 1.05 bits per heavy atom. The lowest BCUT2D eigenvalue weighted by atomic mass is 9.38. The summed E-state index contributed by atoms with van der Waals surface area (Å²) in [5.41, 5.74) is 11.9. The average molecular weight is 564 g/mol. The highest BCUT2D eigenvalue weighted by Gasteiger charge is 2.23. The van der Waals surface area contributed by atoms with Gasteiger partial charge in [-0.05, 0) is 24.5 Å². The Kier molecular flexibility index (Phi) is 6.45. The van der Waals surface area contributed by atoms with Gasteiger partial charge in [0.05, 0.1) is 11.0 Å². The summed E-state index contributed by atoms with van der Waals surface area (Å²) < 4.78 is 4.77. The van der Waals surface area contributed by atoms with Crippen LogP contribution in [0, 0.1) is 0 Å². The van der Waals surface area contributed by atoms with Gasteiger partial charge < -0.3 is 9.13 Å². The highest BCUT2D eigenvalue weighted by atomic mass is 15.0. The van der Waals surface area contributed by atoms with Gasteiger partial charge in [-0.2, -0.15) is 0 Å². The number of hydrogen-bond acceptors (Lipinski definition) is 0. The largest absolute Gasteiger partial charge is 0.344 e. The molecule has 4 heteroatoms. The van der Waals surface area contributed by atoms with E-state index in [9.17, 15) is 0 Å². The van der Waals surface area contributed by atoms with Crippen LogP contribution in [0.5, 0.6) is 0 Å². The zero-order valence-electron chi connectivity index (χ0n) is 25.5. The summed E-state index contributed by atoms with van der Waals surface area (Å²) in [4.78, 5) is 0. The number of fused-ring (bicyclic) bond motifs is 7. The molecular formula is C40H34B2N2. The average Bonchev–Trinajstić information content (AvgIpc) is 3.54. The molecule has 2 nitrogen and oxygen atoms in total. The predicted molar refractivity (Wildman–Crippen MR) is 193 cm³/mol. The summed E-state index contributed by atoms with van der Waals surface area (Å²) in [6.45, 7) is 2.92.